The molecule has 2 saturated carbocycles. The van der Waals surface area contributed by atoms with E-state index in [1.807, 2.05) is 12.1 Å². The quantitative estimate of drug-likeness (QED) is 0.650. The van der Waals surface area contributed by atoms with E-state index in [0.717, 1.165) is 30.6 Å². The first-order valence-electron chi connectivity index (χ1n) is 11.2. The molecule has 0 heterocycles. The van der Waals surface area contributed by atoms with Crippen molar-refractivity contribution >= 4 is 0 Å². The number of hydrogen-bond acceptors (Lipinski definition) is 2. The molecule has 2 nitrogen and oxygen atoms in total. The Bertz CT molecular complexity index is 793. The number of hydrogen-bond donors (Lipinski definition) is 2. The topological polar surface area (TPSA) is 40.5 Å². The molecule has 0 aliphatic heterocycles. The second-order valence-corrected chi connectivity index (χ2v) is 10.6. The van der Waals surface area contributed by atoms with Gasteiger partial charge in [0.15, 0.2) is 0 Å². The van der Waals surface area contributed by atoms with Gasteiger partial charge in [-0.05, 0) is 111 Å². The molecule has 0 amide bonds. The van der Waals surface area contributed by atoms with Crippen LogP contribution in [0.4, 0.5) is 0 Å². The highest BCUT2D eigenvalue weighted by Crippen LogP contribution is 2.64. The summed E-state index contributed by atoms with van der Waals surface area (Å²) in [6.07, 6.45) is 8.58. The van der Waals surface area contributed by atoms with Gasteiger partial charge in [0, 0.05) is 6.42 Å². The monoisotopic (exact) mass is 380 g/mol. The van der Waals surface area contributed by atoms with Crippen LogP contribution in [0.5, 0.6) is 5.75 Å². The van der Waals surface area contributed by atoms with Crippen LogP contribution >= 0.6 is 0 Å². The molecular formula is C26H36O2. The van der Waals surface area contributed by atoms with Gasteiger partial charge >= 0.3 is 0 Å². The molecular weight excluding hydrogens is 344 g/mol. The lowest BCUT2D eigenvalue weighted by atomic mass is 9.53. The number of rotatable bonds is 2. The molecule has 1 aromatic rings. The SMILES string of the molecule is C[C@H](CC#CC(C)(C)O)[C@H]1CC[C@H]2[C@@H]3CCc4cc(O)ccc4[C@H]3CC[C@]12C. The maximum atomic E-state index is 9.87. The Labute approximate surface area is 170 Å². The van der Waals surface area contributed by atoms with Crippen LogP contribution < -0.4 is 0 Å². The van der Waals surface area contributed by atoms with Crippen molar-refractivity contribution in [1.29, 1.82) is 0 Å². The average molecular weight is 381 g/mol. The second kappa shape index (κ2) is 7.10. The van der Waals surface area contributed by atoms with Crippen molar-refractivity contribution in [3.63, 3.8) is 0 Å². The molecule has 1 aromatic carbocycles. The minimum atomic E-state index is -0.885. The minimum Gasteiger partial charge on any atom is -0.508 e. The molecule has 3 aliphatic rings. The summed E-state index contributed by atoms with van der Waals surface area (Å²) in [5.41, 5.74) is 2.45. The van der Waals surface area contributed by atoms with E-state index in [0.29, 0.717) is 23.0 Å². The molecule has 4 rings (SSSR count). The summed E-state index contributed by atoms with van der Waals surface area (Å²) < 4.78 is 0. The van der Waals surface area contributed by atoms with Crippen LogP contribution in [-0.2, 0) is 6.42 Å². The van der Waals surface area contributed by atoms with E-state index in [1.165, 1.54) is 43.2 Å². The van der Waals surface area contributed by atoms with E-state index in [2.05, 4.69) is 31.8 Å². The van der Waals surface area contributed by atoms with Crippen LogP contribution in [0.1, 0.15) is 83.3 Å². The van der Waals surface area contributed by atoms with Crippen LogP contribution in [0.25, 0.3) is 0 Å². The first kappa shape index (κ1) is 19.8. The third kappa shape index (κ3) is 3.48. The van der Waals surface area contributed by atoms with Crippen molar-refractivity contribution in [2.24, 2.45) is 29.1 Å². The molecule has 0 aromatic heterocycles. The Morgan fingerprint density at radius 2 is 2.00 bits per heavy atom. The number of aliphatic hydroxyl groups is 1. The van der Waals surface area contributed by atoms with Crippen molar-refractivity contribution in [3.8, 4) is 17.6 Å². The molecule has 0 radical (unpaired) electrons. The molecule has 0 bridgehead atoms. The van der Waals surface area contributed by atoms with Gasteiger partial charge in [0.05, 0.1) is 0 Å². The summed E-state index contributed by atoms with van der Waals surface area (Å²) in [5.74, 6) is 10.3. The zero-order chi connectivity index (χ0) is 20.1. The summed E-state index contributed by atoms with van der Waals surface area (Å²) in [6.45, 7) is 8.47. The van der Waals surface area contributed by atoms with Crippen LogP contribution in [0.15, 0.2) is 18.2 Å². The van der Waals surface area contributed by atoms with Crippen LogP contribution in [0.2, 0.25) is 0 Å². The zero-order valence-electron chi connectivity index (χ0n) is 18.0. The van der Waals surface area contributed by atoms with Crippen LogP contribution in [0.3, 0.4) is 0 Å². The smallest absolute Gasteiger partial charge is 0.119 e. The van der Waals surface area contributed by atoms with E-state index in [4.69, 9.17) is 0 Å². The fourth-order valence-electron chi connectivity index (χ4n) is 7.11. The highest BCUT2D eigenvalue weighted by atomic mass is 16.3. The molecule has 2 fully saturated rings. The first-order valence-corrected chi connectivity index (χ1v) is 11.2. The van der Waals surface area contributed by atoms with Crippen molar-refractivity contribution in [2.75, 3.05) is 0 Å². The third-order valence-corrected chi connectivity index (χ3v) is 8.29. The Hall–Kier alpha value is -1.46. The fourth-order valence-corrected chi connectivity index (χ4v) is 7.11. The van der Waals surface area contributed by atoms with Crippen molar-refractivity contribution in [1.82, 2.24) is 0 Å². The predicted octanol–water partition coefficient (Wildman–Crippen LogP) is 5.67. The van der Waals surface area contributed by atoms with Gasteiger partial charge in [-0.3, -0.25) is 0 Å². The number of aryl methyl sites for hydroxylation is 1. The fraction of sp³-hybridized carbons (Fsp3) is 0.692. The molecule has 152 valence electrons. The van der Waals surface area contributed by atoms with Gasteiger partial charge in [-0.15, -0.1) is 5.92 Å². The van der Waals surface area contributed by atoms with Crippen LogP contribution in [0, 0.1) is 40.9 Å². The third-order valence-electron chi connectivity index (χ3n) is 8.29. The molecule has 0 unspecified atom stereocenters. The van der Waals surface area contributed by atoms with Crippen molar-refractivity contribution < 1.29 is 10.2 Å². The maximum absolute atomic E-state index is 9.87. The summed E-state index contributed by atoms with van der Waals surface area (Å²) >= 11 is 0. The predicted molar refractivity (Wildman–Crippen MR) is 114 cm³/mol. The first-order chi connectivity index (χ1) is 13.2. The van der Waals surface area contributed by atoms with Gasteiger partial charge in [0.2, 0.25) is 0 Å². The summed E-state index contributed by atoms with van der Waals surface area (Å²) in [4.78, 5) is 0. The van der Waals surface area contributed by atoms with Crippen molar-refractivity contribution in [2.45, 2.75) is 84.2 Å². The van der Waals surface area contributed by atoms with Crippen LogP contribution in [-0.4, -0.2) is 15.8 Å². The Morgan fingerprint density at radius 3 is 2.75 bits per heavy atom. The van der Waals surface area contributed by atoms with Gasteiger partial charge in [0.25, 0.3) is 0 Å². The van der Waals surface area contributed by atoms with E-state index < -0.39 is 5.60 Å². The normalized spacial score (nSPS) is 35.2. The lowest BCUT2D eigenvalue weighted by Crippen LogP contribution is -2.43. The summed E-state index contributed by atoms with van der Waals surface area (Å²) in [7, 11) is 0. The molecule has 0 spiro atoms. The highest BCUT2D eigenvalue weighted by Gasteiger charge is 2.55. The number of fused-ring (bicyclic) bond motifs is 5. The molecule has 28 heavy (non-hydrogen) atoms. The van der Waals surface area contributed by atoms with Gasteiger partial charge in [-0.1, -0.05) is 25.8 Å². The number of phenols is 1. The summed E-state index contributed by atoms with van der Waals surface area (Å²) in [6, 6.07) is 6.08. The Morgan fingerprint density at radius 1 is 1.21 bits per heavy atom. The lowest BCUT2D eigenvalue weighted by Gasteiger charge is -2.52. The highest BCUT2D eigenvalue weighted by molar-refractivity contribution is 5.40. The average Bonchev–Trinajstić information content (AvgIpc) is 2.97. The van der Waals surface area contributed by atoms with Crippen molar-refractivity contribution in [3.05, 3.63) is 29.3 Å². The maximum Gasteiger partial charge on any atom is 0.119 e. The number of phenolic OH excluding ortho intramolecular Hbond substituents is 1. The Balaban J connectivity index is 1.52. The number of aromatic hydroxyl groups is 1. The molecule has 2 N–H and O–H groups in total. The summed E-state index contributed by atoms with van der Waals surface area (Å²) in [5, 5.41) is 19.7. The van der Waals surface area contributed by atoms with Gasteiger partial charge in [0.1, 0.15) is 11.4 Å². The molecule has 6 atom stereocenters. The number of benzene rings is 1. The van der Waals surface area contributed by atoms with E-state index in [1.54, 1.807) is 13.8 Å². The van der Waals surface area contributed by atoms with Gasteiger partial charge < -0.3 is 10.2 Å². The molecule has 2 heteroatoms. The Kier molecular flexibility index (Phi) is 5.03. The van der Waals surface area contributed by atoms with E-state index >= 15 is 0 Å². The van der Waals surface area contributed by atoms with E-state index in [9.17, 15) is 10.2 Å². The second-order valence-electron chi connectivity index (χ2n) is 10.6. The molecule has 0 saturated heterocycles. The molecule has 3 aliphatic carbocycles. The zero-order valence-corrected chi connectivity index (χ0v) is 18.0. The lowest BCUT2D eigenvalue weighted by molar-refractivity contribution is 0.0121. The van der Waals surface area contributed by atoms with Gasteiger partial charge in [-0.2, -0.15) is 0 Å². The minimum absolute atomic E-state index is 0.416. The standard InChI is InChI=1S/C26H36O2/c1-17(6-5-14-25(2,3)28)23-11-12-24-22-9-7-18-16-19(27)8-10-20(18)21(22)13-15-26(23,24)4/h8,10,16-17,21-24,27-28H,6-7,9,11-13,15H2,1-4H3/t17-,21-,22-,23-,24+,26-/m1/s1. The largest absolute Gasteiger partial charge is 0.508 e. The van der Waals surface area contributed by atoms with Gasteiger partial charge in [-0.25, -0.2) is 0 Å². The van der Waals surface area contributed by atoms with E-state index in [-0.39, 0.29) is 0 Å².